The summed E-state index contributed by atoms with van der Waals surface area (Å²) < 4.78 is 26.4. The van der Waals surface area contributed by atoms with E-state index in [4.69, 9.17) is 16.7 Å². The highest BCUT2D eigenvalue weighted by atomic mass is 35.5. The molecule has 2 aromatic rings. The van der Waals surface area contributed by atoms with Gasteiger partial charge in [-0.15, -0.1) is 11.3 Å². The maximum Gasteiger partial charge on any atom is 0.339 e. The number of carboxylic acid groups (broad SMARTS) is 1. The SMILES string of the molecule is O=C(O)c1cccc(NS(=O)(=O)c2ccc(Cl)s2)c1O. The summed E-state index contributed by atoms with van der Waals surface area (Å²) in [6.07, 6.45) is 0. The first kappa shape index (κ1) is 14.6. The second-order valence-corrected chi connectivity index (χ2v) is 7.30. The summed E-state index contributed by atoms with van der Waals surface area (Å²) >= 11 is 6.51. The number of thiophene rings is 1. The molecule has 0 spiro atoms. The average Bonchev–Trinajstić information content (AvgIpc) is 2.79. The van der Waals surface area contributed by atoms with E-state index >= 15 is 0 Å². The van der Waals surface area contributed by atoms with Crippen LogP contribution in [0.25, 0.3) is 0 Å². The highest BCUT2D eigenvalue weighted by molar-refractivity contribution is 7.94. The number of aromatic carboxylic acids is 1. The van der Waals surface area contributed by atoms with Crippen molar-refractivity contribution in [3.63, 3.8) is 0 Å². The van der Waals surface area contributed by atoms with Crippen LogP contribution < -0.4 is 4.72 Å². The quantitative estimate of drug-likeness (QED) is 0.746. The van der Waals surface area contributed by atoms with Gasteiger partial charge in [-0.2, -0.15) is 0 Å². The second kappa shape index (κ2) is 5.31. The topological polar surface area (TPSA) is 104 Å². The monoisotopic (exact) mass is 333 g/mol. The number of hydrogen-bond acceptors (Lipinski definition) is 5. The van der Waals surface area contributed by atoms with Crippen LogP contribution in [0.15, 0.2) is 34.5 Å². The molecule has 0 amide bonds. The molecular weight excluding hydrogens is 326 g/mol. The third-order valence-electron chi connectivity index (χ3n) is 2.32. The molecular formula is C11H8ClNO5S2. The average molecular weight is 334 g/mol. The van der Waals surface area contributed by atoms with Crippen LogP contribution in [0.4, 0.5) is 5.69 Å². The molecule has 1 aromatic carbocycles. The van der Waals surface area contributed by atoms with E-state index in [0.717, 1.165) is 17.4 Å². The van der Waals surface area contributed by atoms with E-state index in [1.165, 1.54) is 24.3 Å². The summed E-state index contributed by atoms with van der Waals surface area (Å²) in [6, 6.07) is 6.48. The van der Waals surface area contributed by atoms with Crippen LogP contribution in [0, 0.1) is 0 Å². The van der Waals surface area contributed by atoms with Gasteiger partial charge in [0.25, 0.3) is 10.0 Å². The number of carbonyl (C=O) groups is 1. The smallest absolute Gasteiger partial charge is 0.339 e. The first-order chi connectivity index (χ1) is 9.31. The minimum Gasteiger partial charge on any atom is -0.505 e. The van der Waals surface area contributed by atoms with Crippen LogP contribution in [-0.2, 0) is 10.0 Å². The molecule has 6 nitrogen and oxygen atoms in total. The van der Waals surface area contributed by atoms with Crippen molar-refractivity contribution in [2.75, 3.05) is 4.72 Å². The van der Waals surface area contributed by atoms with Gasteiger partial charge in [-0.25, -0.2) is 13.2 Å². The zero-order valence-corrected chi connectivity index (χ0v) is 12.1. The number of sulfonamides is 1. The largest absolute Gasteiger partial charge is 0.505 e. The number of carboxylic acids is 1. The van der Waals surface area contributed by atoms with Crippen molar-refractivity contribution in [2.45, 2.75) is 4.21 Å². The number of rotatable bonds is 4. The van der Waals surface area contributed by atoms with Gasteiger partial charge in [0.05, 0.1) is 10.0 Å². The minimum absolute atomic E-state index is 0.0392. The van der Waals surface area contributed by atoms with Gasteiger partial charge in [-0.1, -0.05) is 17.7 Å². The standard InChI is InChI=1S/C11H8ClNO5S2/c12-8-4-5-9(19-8)20(17,18)13-7-3-1-2-6(10(7)14)11(15)16/h1-5,13-14H,(H,15,16). The van der Waals surface area contributed by atoms with Crippen molar-refractivity contribution >= 4 is 44.6 Å². The first-order valence-electron chi connectivity index (χ1n) is 5.14. The molecule has 0 saturated heterocycles. The maximum atomic E-state index is 12.0. The number of phenols is 1. The lowest BCUT2D eigenvalue weighted by Gasteiger charge is -2.09. The summed E-state index contributed by atoms with van der Waals surface area (Å²) in [5.41, 5.74) is -0.608. The van der Waals surface area contributed by atoms with Crippen LogP contribution in [0.5, 0.6) is 5.75 Å². The van der Waals surface area contributed by atoms with E-state index < -0.39 is 27.3 Å². The predicted molar refractivity (Wildman–Crippen MR) is 75.2 cm³/mol. The lowest BCUT2D eigenvalue weighted by atomic mass is 10.2. The molecule has 2 rings (SSSR count). The van der Waals surface area contributed by atoms with Gasteiger partial charge in [-0.3, -0.25) is 4.72 Å². The molecule has 0 atom stereocenters. The van der Waals surface area contributed by atoms with Gasteiger partial charge >= 0.3 is 5.97 Å². The van der Waals surface area contributed by atoms with Crippen LogP contribution in [0.1, 0.15) is 10.4 Å². The lowest BCUT2D eigenvalue weighted by Crippen LogP contribution is -2.12. The van der Waals surface area contributed by atoms with Crippen LogP contribution in [0.2, 0.25) is 4.34 Å². The molecule has 0 aliphatic heterocycles. The van der Waals surface area contributed by atoms with Gasteiger partial charge in [0, 0.05) is 0 Å². The maximum absolute atomic E-state index is 12.0. The Morgan fingerprint density at radius 2 is 1.95 bits per heavy atom. The Balaban J connectivity index is 2.40. The predicted octanol–water partition coefficient (Wildman–Crippen LogP) is 2.61. The molecule has 0 unspecified atom stereocenters. The zero-order valence-electron chi connectivity index (χ0n) is 9.70. The highest BCUT2D eigenvalue weighted by Gasteiger charge is 2.20. The van der Waals surface area contributed by atoms with E-state index in [9.17, 15) is 18.3 Å². The summed E-state index contributed by atoms with van der Waals surface area (Å²) in [5, 5.41) is 18.6. The Kier molecular flexibility index (Phi) is 3.89. The molecule has 106 valence electrons. The Morgan fingerprint density at radius 3 is 2.50 bits per heavy atom. The summed E-state index contributed by atoms with van der Waals surface area (Å²) in [4.78, 5) is 10.9. The minimum atomic E-state index is -3.93. The molecule has 0 bridgehead atoms. The normalized spacial score (nSPS) is 11.2. The van der Waals surface area contributed by atoms with Crippen molar-refractivity contribution in [1.29, 1.82) is 0 Å². The second-order valence-electron chi connectivity index (χ2n) is 3.67. The van der Waals surface area contributed by atoms with E-state index in [0.29, 0.717) is 4.34 Å². The number of halogens is 1. The van der Waals surface area contributed by atoms with Crippen LogP contribution in [-0.4, -0.2) is 24.6 Å². The van der Waals surface area contributed by atoms with Crippen molar-refractivity contribution in [3.05, 3.63) is 40.2 Å². The highest BCUT2D eigenvalue weighted by Crippen LogP contribution is 2.32. The van der Waals surface area contributed by atoms with E-state index in [-0.39, 0.29) is 9.90 Å². The molecule has 0 saturated carbocycles. The van der Waals surface area contributed by atoms with E-state index in [1.54, 1.807) is 0 Å². The fourth-order valence-corrected chi connectivity index (χ4v) is 3.98. The molecule has 0 aliphatic rings. The van der Waals surface area contributed by atoms with Crippen LogP contribution in [0.3, 0.4) is 0 Å². The van der Waals surface area contributed by atoms with Crippen molar-refractivity contribution in [2.24, 2.45) is 0 Å². The number of para-hydroxylation sites is 1. The van der Waals surface area contributed by atoms with Gasteiger partial charge in [0.1, 0.15) is 9.77 Å². The lowest BCUT2D eigenvalue weighted by molar-refractivity contribution is 0.0694. The summed E-state index contributed by atoms with van der Waals surface area (Å²) in [7, 11) is -3.93. The van der Waals surface area contributed by atoms with Crippen molar-refractivity contribution in [3.8, 4) is 5.75 Å². The number of nitrogens with one attached hydrogen (secondary N) is 1. The fraction of sp³-hybridized carbons (Fsp3) is 0. The van der Waals surface area contributed by atoms with Gasteiger partial charge in [-0.05, 0) is 24.3 Å². The number of hydrogen-bond donors (Lipinski definition) is 3. The zero-order chi connectivity index (χ0) is 14.9. The Morgan fingerprint density at radius 1 is 1.25 bits per heavy atom. The van der Waals surface area contributed by atoms with Crippen LogP contribution >= 0.6 is 22.9 Å². The molecule has 20 heavy (non-hydrogen) atoms. The number of benzene rings is 1. The van der Waals surface area contributed by atoms with Gasteiger partial charge in [0.2, 0.25) is 0 Å². The molecule has 0 radical (unpaired) electrons. The van der Waals surface area contributed by atoms with Crippen molar-refractivity contribution in [1.82, 2.24) is 0 Å². The molecule has 1 heterocycles. The third-order valence-corrected chi connectivity index (χ3v) is 5.41. The third kappa shape index (κ3) is 2.87. The van der Waals surface area contributed by atoms with Gasteiger partial charge < -0.3 is 10.2 Å². The van der Waals surface area contributed by atoms with Crippen molar-refractivity contribution < 1.29 is 23.4 Å². The Labute approximate surface area is 123 Å². The molecule has 0 aliphatic carbocycles. The fourth-order valence-electron chi connectivity index (χ4n) is 1.44. The molecule has 3 N–H and O–H groups in total. The number of aromatic hydroxyl groups is 1. The number of anilines is 1. The molecule has 0 fully saturated rings. The first-order valence-corrected chi connectivity index (χ1v) is 7.82. The molecule has 9 heteroatoms. The Bertz CT molecular complexity index is 769. The molecule has 1 aromatic heterocycles. The Hall–Kier alpha value is -1.77. The van der Waals surface area contributed by atoms with E-state index in [1.807, 2.05) is 0 Å². The summed E-state index contributed by atoms with van der Waals surface area (Å²) in [5.74, 6) is -2.01. The summed E-state index contributed by atoms with van der Waals surface area (Å²) in [6.45, 7) is 0. The van der Waals surface area contributed by atoms with E-state index in [2.05, 4.69) is 4.72 Å². The van der Waals surface area contributed by atoms with Gasteiger partial charge in [0.15, 0.2) is 5.75 Å².